The SMILES string of the molecule is Cc1cc(-n2c(C)cc(C(=O)NCCCN3CCCCCC3)c2C)no1. The van der Waals surface area contributed by atoms with Gasteiger partial charge in [0.2, 0.25) is 0 Å². The van der Waals surface area contributed by atoms with Gasteiger partial charge in [0, 0.05) is 24.0 Å². The Balaban J connectivity index is 1.55. The van der Waals surface area contributed by atoms with Crippen molar-refractivity contribution in [3.05, 3.63) is 34.8 Å². The topological polar surface area (TPSA) is 63.3 Å². The Hall–Kier alpha value is -2.08. The van der Waals surface area contributed by atoms with E-state index in [1.54, 1.807) is 0 Å². The first-order valence-electron chi connectivity index (χ1n) is 9.69. The smallest absolute Gasteiger partial charge is 0.253 e. The van der Waals surface area contributed by atoms with Crippen LogP contribution in [-0.2, 0) is 0 Å². The third-order valence-electron chi connectivity index (χ3n) is 5.16. The van der Waals surface area contributed by atoms with Gasteiger partial charge in [-0.25, -0.2) is 0 Å². The van der Waals surface area contributed by atoms with E-state index >= 15 is 0 Å². The minimum atomic E-state index is -0.0135. The lowest BCUT2D eigenvalue weighted by atomic mass is 10.2. The highest BCUT2D eigenvalue weighted by Crippen LogP contribution is 2.20. The van der Waals surface area contributed by atoms with Crippen molar-refractivity contribution >= 4 is 5.91 Å². The van der Waals surface area contributed by atoms with Gasteiger partial charge in [-0.05, 0) is 65.7 Å². The summed E-state index contributed by atoms with van der Waals surface area (Å²) in [5, 5.41) is 7.14. The largest absolute Gasteiger partial charge is 0.360 e. The Labute approximate surface area is 155 Å². The molecule has 1 amide bonds. The Morgan fingerprint density at radius 2 is 1.88 bits per heavy atom. The molecule has 6 heteroatoms. The van der Waals surface area contributed by atoms with Crippen LogP contribution < -0.4 is 5.32 Å². The number of carbonyl (C=O) groups is 1. The summed E-state index contributed by atoms with van der Waals surface area (Å²) in [6.45, 7) is 9.97. The van der Waals surface area contributed by atoms with Crippen molar-refractivity contribution in [3.8, 4) is 5.82 Å². The molecule has 6 nitrogen and oxygen atoms in total. The van der Waals surface area contributed by atoms with Crippen LogP contribution in [0, 0.1) is 20.8 Å². The monoisotopic (exact) mass is 358 g/mol. The second-order valence-corrected chi connectivity index (χ2v) is 7.28. The summed E-state index contributed by atoms with van der Waals surface area (Å²) < 4.78 is 7.13. The van der Waals surface area contributed by atoms with Gasteiger partial charge in [0.05, 0.1) is 5.56 Å². The number of likely N-dealkylation sites (tertiary alicyclic amines) is 1. The molecule has 0 atom stereocenters. The van der Waals surface area contributed by atoms with Gasteiger partial charge < -0.3 is 14.7 Å². The molecule has 0 aromatic carbocycles. The second kappa shape index (κ2) is 8.54. The molecule has 0 aliphatic carbocycles. The molecule has 2 aromatic heterocycles. The zero-order valence-electron chi connectivity index (χ0n) is 16.2. The van der Waals surface area contributed by atoms with Crippen LogP contribution in [-0.4, -0.2) is 46.7 Å². The number of aryl methyl sites for hydroxylation is 2. The molecule has 1 saturated heterocycles. The Kier molecular flexibility index (Phi) is 6.14. The molecular weight excluding hydrogens is 328 g/mol. The molecule has 26 heavy (non-hydrogen) atoms. The van der Waals surface area contributed by atoms with Crippen molar-refractivity contribution in [1.29, 1.82) is 0 Å². The van der Waals surface area contributed by atoms with Gasteiger partial charge in [-0.2, -0.15) is 0 Å². The fourth-order valence-electron chi connectivity index (χ4n) is 3.76. The van der Waals surface area contributed by atoms with E-state index in [1.165, 1.54) is 38.8 Å². The van der Waals surface area contributed by atoms with E-state index < -0.39 is 0 Å². The highest BCUT2D eigenvalue weighted by molar-refractivity contribution is 5.95. The van der Waals surface area contributed by atoms with E-state index in [9.17, 15) is 4.79 Å². The fourth-order valence-corrected chi connectivity index (χ4v) is 3.76. The van der Waals surface area contributed by atoms with E-state index in [0.717, 1.165) is 35.9 Å². The Morgan fingerprint density at radius 3 is 2.54 bits per heavy atom. The summed E-state index contributed by atoms with van der Waals surface area (Å²) >= 11 is 0. The van der Waals surface area contributed by atoms with Crippen LogP contribution >= 0.6 is 0 Å². The van der Waals surface area contributed by atoms with Gasteiger partial charge in [0.15, 0.2) is 5.82 Å². The van der Waals surface area contributed by atoms with Gasteiger partial charge in [0.25, 0.3) is 5.91 Å². The Bertz CT molecular complexity index is 739. The molecule has 0 radical (unpaired) electrons. The summed E-state index contributed by atoms with van der Waals surface area (Å²) in [5.74, 6) is 1.46. The van der Waals surface area contributed by atoms with Crippen LogP contribution in [0.3, 0.4) is 0 Å². The molecule has 2 aromatic rings. The standard InChI is InChI=1S/C20H30N4O2/c1-15-13-18(17(3)24(15)19-14-16(2)26-22-19)20(25)21-9-8-12-23-10-6-4-5-7-11-23/h13-14H,4-12H2,1-3H3,(H,21,25). The quantitative estimate of drug-likeness (QED) is 0.804. The summed E-state index contributed by atoms with van der Waals surface area (Å²) in [6, 6.07) is 3.80. The van der Waals surface area contributed by atoms with E-state index in [1.807, 2.05) is 37.5 Å². The maximum Gasteiger partial charge on any atom is 0.253 e. The molecular formula is C20H30N4O2. The third-order valence-corrected chi connectivity index (χ3v) is 5.16. The first-order valence-corrected chi connectivity index (χ1v) is 9.69. The fraction of sp³-hybridized carbons (Fsp3) is 0.600. The first kappa shape index (κ1) is 18.7. The molecule has 1 fully saturated rings. The molecule has 0 bridgehead atoms. The number of rotatable bonds is 6. The molecule has 3 heterocycles. The van der Waals surface area contributed by atoms with E-state index in [2.05, 4.69) is 15.4 Å². The summed E-state index contributed by atoms with van der Waals surface area (Å²) in [5.41, 5.74) is 2.57. The number of nitrogens with one attached hydrogen (secondary N) is 1. The molecule has 0 saturated carbocycles. The van der Waals surface area contributed by atoms with Crippen molar-refractivity contribution in [2.75, 3.05) is 26.2 Å². The molecule has 1 N–H and O–H groups in total. The van der Waals surface area contributed by atoms with Crippen LogP contribution in [0.25, 0.3) is 5.82 Å². The second-order valence-electron chi connectivity index (χ2n) is 7.28. The number of amides is 1. The maximum atomic E-state index is 12.6. The van der Waals surface area contributed by atoms with E-state index in [-0.39, 0.29) is 5.91 Å². The van der Waals surface area contributed by atoms with E-state index in [0.29, 0.717) is 12.1 Å². The predicted molar refractivity (Wildman–Crippen MR) is 102 cm³/mol. The first-order chi connectivity index (χ1) is 12.6. The van der Waals surface area contributed by atoms with Crippen LogP contribution in [0.4, 0.5) is 0 Å². The van der Waals surface area contributed by atoms with Crippen LogP contribution in [0.15, 0.2) is 16.7 Å². The van der Waals surface area contributed by atoms with Crippen molar-refractivity contribution in [1.82, 2.24) is 19.9 Å². The lowest BCUT2D eigenvalue weighted by Crippen LogP contribution is -2.30. The molecule has 1 aliphatic heterocycles. The highest BCUT2D eigenvalue weighted by Gasteiger charge is 2.18. The number of hydrogen-bond acceptors (Lipinski definition) is 4. The molecule has 3 rings (SSSR count). The zero-order valence-corrected chi connectivity index (χ0v) is 16.2. The predicted octanol–water partition coefficient (Wildman–Crippen LogP) is 3.39. The number of nitrogens with zero attached hydrogens (tertiary/aromatic N) is 3. The van der Waals surface area contributed by atoms with Crippen molar-refractivity contribution in [3.63, 3.8) is 0 Å². The average molecular weight is 358 g/mol. The normalized spacial score (nSPS) is 15.8. The zero-order chi connectivity index (χ0) is 18.5. The Morgan fingerprint density at radius 1 is 1.15 bits per heavy atom. The summed E-state index contributed by atoms with van der Waals surface area (Å²) in [6.07, 6.45) is 6.31. The highest BCUT2D eigenvalue weighted by atomic mass is 16.5. The van der Waals surface area contributed by atoms with Gasteiger partial charge in [-0.1, -0.05) is 18.0 Å². The lowest BCUT2D eigenvalue weighted by molar-refractivity contribution is 0.0951. The average Bonchev–Trinajstić information content (AvgIpc) is 3.03. The molecule has 1 aliphatic rings. The van der Waals surface area contributed by atoms with Gasteiger partial charge in [0.1, 0.15) is 5.76 Å². The maximum absolute atomic E-state index is 12.6. The van der Waals surface area contributed by atoms with Gasteiger partial charge in [-0.15, -0.1) is 0 Å². The number of aromatic nitrogens is 2. The number of hydrogen-bond donors (Lipinski definition) is 1. The summed E-state index contributed by atoms with van der Waals surface area (Å²) in [4.78, 5) is 15.1. The van der Waals surface area contributed by atoms with Crippen molar-refractivity contribution in [2.24, 2.45) is 0 Å². The van der Waals surface area contributed by atoms with Crippen molar-refractivity contribution in [2.45, 2.75) is 52.9 Å². The third kappa shape index (κ3) is 4.36. The van der Waals surface area contributed by atoms with Crippen LogP contribution in [0.5, 0.6) is 0 Å². The molecule has 0 unspecified atom stereocenters. The molecule has 0 spiro atoms. The summed E-state index contributed by atoms with van der Waals surface area (Å²) in [7, 11) is 0. The number of carbonyl (C=O) groups excluding carboxylic acids is 1. The minimum Gasteiger partial charge on any atom is -0.360 e. The van der Waals surface area contributed by atoms with E-state index in [4.69, 9.17) is 4.52 Å². The minimum absolute atomic E-state index is 0.0135. The van der Waals surface area contributed by atoms with Gasteiger partial charge in [-0.3, -0.25) is 9.36 Å². The van der Waals surface area contributed by atoms with Crippen molar-refractivity contribution < 1.29 is 9.32 Å². The van der Waals surface area contributed by atoms with Gasteiger partial charge >= 0.3 is 0 Å². The lowest BCUT2D eigenvalue weighted by Gasteiger charge is -2.19. The van der Waals surface area contributed by atoms with Crippen LogP contribution in [0.2, 0.25) is 0 Å². The molecule has 142 valence electrons. The van der Waals surface area contributed by atoms with Crippen LogP contribution in [0.1, 0.15) is 59.6 Å².